The summed E-state index contributed by atoms with van der Waals surface area (Å²) in [4.78, 5) is 18.6. The topological polar surface area (TPSA) is 59.4 Å². The molecule has 2 aliphatic rings. The molecule has 3 rings (SSSR count). The van der Waals surface area contributed by atoms with Crippen LogP contribution < -0.4 is 5.32 Å². The summed E-state index contributed by atoms with van der Waals surface area (Å²) in [6.45, 7) is 5.29. The summed E-state index contributed by atoms with van der Waals surface area (Å²) in [6, 6.07) is 0.373. The summed E-state index contributed by atoms with van der Waals surface area (Å²) in [5.74, 6) is 0.555. The Bertz CT molecular complexity index is 513. The van der Waals surface area contributed by atoms with Gasteiger partial charge in [-0.25, -0.2) is 9.78 Å². The first-order valence-corrected chi connectivity index (χ1v) is 8.63. The first-order chi connectivity index (χ1) is 11.1. The number of urea groups is 1. The molecule has 23 heavy (non-hydrogen) atoms. The van der Waals surface area contributed by atoms with E-state index in [1.165, 1.54) is 6.42 Å². The molecule has 6 nitrogen and oxygen atoms in total. The van der Waals surface area contributed by atoms with Crippen LogP contribution in [-0.4, -0.2) is 53.8 Å². The van der Waals surface area contributed by atoms with E-state index in [1.54, 1.807) is 13.3 Å². The van der Waals surface area contributed by atoms with Gasteiger partial charge in [-0.15, -0.1) is 0 Å². The second-order valence-electron chi connectivity index (χ2n) is 7.23. The molecule has 128 valence electrons. The number of carbonyl (C=O) groups excluding carboxylic acids is 1. The zero-order valence-electron chi connectivity index (χ0n) is 14.2. The number of nitrogens with zero attached hydrogens (tertiary/aromatic N) is 3. The van der Waals surface area contributed by atoms with Gasteiger partial charge in [0.25, 0.3) is 0 Å². The van der Waals surface area contributed by atoms with E-state index in [4.69, 9.17) is 4.74 Å². The number of nitrogens with one attached hydrogen (secondary N) is 1. The molecule has 1 aliphatic heterocycles. The Hall–Kier alpha value is -1.56. The molecule has 2 unspecified atom stereocenters. The fraction of sp³-hybridized carbons (Fsp3) is 0.765. The van der Waals surface area contributed by atoms with Crippen molar-refractivity contribution in [3.8, 4) is 0 Å². The maximum absolute atomic E-state index is 12.6. The first kappa shape index (κ1) is 16.3. The Balaban J connectivity index is 1.55. The molecule has 1 N–H and O–H groups in total. The Morgan fingerprint density at radius 2 is 2.30 bits per heavy atom. The quantitative estimate of drug-likeness (QED) is 0.905. The molecule has 2 heterocycles. The lowest BCUT2D eigenvalue weighted by atomic mass is 9.69. The van der Waals surface area contributed by atoms with Gasteiger partial charge in [0.15, 0.2) is 0 Å². The minimum absolute atomic E-state index is 0.0596. The normalized spacial score (nSPS) is 26.6. The summed E-state index contributed by atoms with van der Waals surface area (Å²) in [6.07, 6.45) is 10.2. The van der Waals surface area contributed by atoms with Crippen molar-refractivity contribution in [3.05, 3.63) is 18.7 Å². The van der Waals surface area contributed by atoms with Crippen molar-refractivity contribution in [1.82, 2.24) is 19.8 Å². The Morgan fingerprint density at radius 3 is 2.91 bits per heavy atom. The van der Waals surface area contributed by atoms with E-state index in [-0.39, 0.29) is 11.4 Å². The number of aromatic nitrogens is 2. The SMILES string of the molecule is COCC1(CNC(=O)N2CCC(C)C(n3ccnc3)C2)CCC1. The highest BCUT2D eigenvalue weighted by molar-refractivity contribution is 5.74. The van der Waals surface area contributed by atoms with Gasteiger partial charge in [0.1, 0.15) is 0 Å². The number of likely N-dealkylation sites (tertiary alicyclic amines) is 1. The standard InChI is InChI=1S/C17H28N4O2/c1-14-4-8-20(10-15(14)21-9-7-18-13-21)16(22)19-11-17(12-23-2)5-3-6-17/h7,9,13-15H,3-6,8,10-12H2,1-2H3,(H,19,22). The van der Waals surface area contributed by atoms with Crippen molar-refractivity contribution in [3.63, 3.8) is 0 Å². The number of hydrogen-bond acceptors (Lipinski definition) is 3. The number of ether oxygens (including phenoxy) is 1. The zero-order chi connectivity index (χ0) is 16.3. The molecule has 0 aromatic carbocycles. The molecule has 0 radical (unpaired) electrons. The third-order valence-corrected chi connectivity index (χ3v) is 5.59. The number of hydrogen-bond donors (Lipinski definition) is 1. The average Bonchev–Trinajstić information content (AvgIpc) is 3.04. The molecule has 2 fully saturated rings. The number of amides is 2. The van der Waals surface area contributed by atoms with Gasteiger partial charge in [-0.2, -0.15) is 0 Å². The number of carbonyl (C=O) groups is 1. The van der Waals surface area contributed by atoms with Crippen molar-refractivity contribution < 1.29 is 9.53 Å². The molecule has 1 saturated heterocycles. The summed E-state index contributed by atoms with van der Waals surface area (Å²) >= 11 is 0. The van der Waals surface area contributed by atoms with Crippen LogP contribution >= 0.6 is 0 Å². The van der Waals surface area contributed by atoms with Gasteiger partial charge in [0, 0.05) is 44.6 Å². The molecule has 2 amide bonds. The van der Waals surface area contributed by atoms with Gasteiger partial charge < -0.3 is 19.5 Å². The van der Waals surface area contributed by atoms with Crippen LogP contribution in [0.25, 0.3) is 0 Å². The maximum atomic E-state index is 12.6. The molecular weight excluding hydrogens is 292 g/mol. The highest BCUT2D eigenvalue weighted by Crippen LogP contribution is 2.40. The molecule has 2 atom stereocenters. The number of methoxy groups -OCH3 is 1. The van der Waals surface area contributed by atoms with Crippen molar-refractivity contribution in [2.75, 3.05) is 33.4 Å². The smallest absolute Gasteiger partial charge is 0.317 e. The fourth-order valence-electron chi connectivity index (χ4n) is 3.82. The fourth-order valence-corrected chi connectivity index (χ4v) is 3.82. The van der Waals surface area contributed by atoms with Crippen LogP contribution in [0, 0.1) is 11.3 Å². The second-order valence-corrected chi connectivity index (χ2v) is 7.23. The van der Waals surface area contributed by atoms with Crippen molar-refractivity contribution in [1.29, 1.82) is 0 Å². The van der Waals surface area contributed by atoms with Crippen LogP contribution in [0.4, 0.5) is 4.79 Å². The lowest BCUT2D eigenvalue weighted by Crippen LogP contribution is -2.52. The molecule has 1 aliphatic carbocycles. The van der Waals surface area contributed by atoms with E-state index in [1.807, 2.05) is 17.4 Å². The Kier molecular flexibility index (Phi) is 4.90. The molecule has 6 heteroatoms. The molecule has 0 spiro atoms. The molecule has 1 aromatic rings. The summed E-state index contributed by atoms with van der Waals surface area (Å²) in [5.41, 5.74) is 0.164. The summed E-state index contributed by atoms with van der Waals surface area (Å²) in [7, 11) is 1.74. The van der Waals surface area contributed by atoms with Crippen LogP contribution in [0.2, 0.25) is 0 Å². The monoisotopic (exact) mass is 320 g/mol. The molecule has 1 saturated carbocycles. The molecular formula is C17H28N4O2. The largest absolute Gasteiger partial charge is 0.384 e. The number of imidazole rings is 1. The average molecular weight is 320 g/mol. The van der Waals surface area contributed by atoms with E-state index in [9.17, 15) is 4.79 Å². The van der Waals surface area contributed by atoms with E-state index >= 15 is 0 Å². The van der Waals surface area contributed by atoms with Gasteiger partial charge in [0.2, 0.25) is 0 Å². The third-order valence-electron chi connectivity index (χ3n) is 5.59. The second kappa shape index (κ2) is 6.91. The highest BCUT2D eigenvalue weighted by Gasteiger charge is 2.38. The van der Waals surface area contributed by atoms with Crippen molar-refractivity contribution in [2.45, 2.75) is 38.6 Å². The summed E-state index contributed by atoms with van der Waals surface area (Å²) < 4.78 is 7.46. The number of rotatable bonds is 5. The Morgan fingerprint density at radius 1 is 1.48 bits per heavy atom. The van der Waals surface area contributed by atoms with Gasteiger partial charge in [-0.05, 0) is 25.2 Å². The van der Waals surface area contributed by atoms with E-state index in [2.05, 4.69) is 21.8 Å². The first-order valence-electron chi connectivity index (χ1n) is 8.63. The van der Waals surface area contributed by atoms with Crippen LogP contribution in [0.3, 0.4) is 0 Å². The van der Waals surface area contributed by atoms with Crippen LogP contribution in [0.15, 0.2) is 18.7 Å². The van der Waals surface area contributed by atoms with Crippen molar-refractivity contribution >= 4 is 6.03 Å². The molecule has 1 aromatic heterocycles. The van der Waals surface area contributed by atoms with Gasteiger partial charge in [0.05, 0.1) is 19.0 Å². The predicted molar refractivity (Wildman–Crippen MR) is 88.2 cm³/mol. The van der Waals surface area contributed by atoms with Crippen LogP contribution in [0.5, 0.6) is 0 Å². The van der Waals surface area contributed by atoms with Crippen molar-refractivity contribution in [2.24, 2.45) is 11.3 Å². The van der Waals surface area contributed by atoms with Gasteiger partial charge >= 0.3 is 6.03 Å². The minimum Gasteiger partial charge on any atom is -0.384 e. The number of piperidine rings is 1. The lowest BCUT2D eigenvalue weighted by molar-refractivity contribution is 0.0185. The highest BCUT2D eigenvalue weighted by atomic mass is 16.5. The van der Waals surface area contributed by atoms with Gasteiger partial charge in [-0.3, -0.25) is 0 Å². The Labute approximate surface area is 138 Å². The molecule has 0 bridgehead atoms. The lowest BCUT2D eigenvalue weighted by Gasteiger charge is -2.42. The maximum Gasteiger partial charge on any atom is 0.317 e. The zero-order valence-corrected chi connectivity index (χ0v) is 14.2. The van der Waals surface area contributed by atoms with Gasteiger partial charge in [-0.1, -0.05) is 13.3 Å². The van der Waals surface area contributed by atoms with E-state index in [0.29, 0.717) is 12.0 Å². The summed E-state index contributed by atoms with van der Waals surface area (Å²) in [5, 5.41) is 3.14. The van der Waals surface area contributed by atoms with E-state index in [0.717, 1.165) is 45.5 Å². The van der Waals surface area contributed by atoms with E-state index < -0.39 is 0 Å². The predicted octanol–water partition coefficient (Wildman–Crippen LogP) is 2.29. The third kappa shape index (κ3) is 3.52. The van der Waals surface area contributed by atoms with Crippen LogP contribution in [-0.2, 0) is 4.74 Å². The minimum atomic E-state index is 0.0596. The van der Waals surface area contributed by atoms with Crippen LogP contribution in [0.1, 0.15) is 38.6 Å².